The second-order valence-electron chi connectivity index (χ2n) is 3.85. The molecule has 0 saturated carbocycles. The number of anilines is 1. The summed E-state index contributed by atoms with van der Waals surface area (Å²) >= 11 is 3.35. The van der Waals surface area contributed by atoms with Crippen molar-refractivity contribution in [3.8, 4) is 5.75 Å². The molecule has 6 heteroatoms. The molecule has 1 amide bonds. The molecule has 104 valence electrons. The highest BCUT2D eigenvalue weighted by molar-refractivity contribution is 9.10. The molecule has 1 rings (SSSR count). The van der Waals surface area contributed by atoms with Gasteiger partial charge in [-0.15, -0.1) is 0 Å². The van der Waals surface area contributed by atoms with Gasteiger partial charge in [0.1, 0.15) is 5.75 Å². The molecule has 0 bridgehead atoms. The summed E-state index contributed by atoms with van der Waals surface area (Å²) in [5, 5.41) is 0. The van der Waals surface area contributed by atoms with E-state index in [1.54, 1.807) is 26.3 Å². The summed E-state index contributed by atoms with van der Waals surface area (Å²) in [6.45, 7) is 0. The lowest BCUT2D eigenvalue weighted by molar-refractivity contribution is -0.141. The van der Waals surface area contributed by atoms with Crippen molar-refractivity contribution in [1.29, 1.82) is 0 Å². The molecule has 0 aliphatic carbocycles. The maximum absolute atomic E-state index is 12.0. The van der Waals surface area contributed by atoms with Gasteiger partial charge in [-0.1, -0.05) is 15.9 Å². The molecule has 0 aromatic heterocycles. The quantitative estimate of drug-likeness (QED) is 0.778. The van der Waals surface area contributed by atoms with Crippen molar-refractivity contribution in [2.24, 2.45) is 0 Å². The van der Waals surface area contributed by atoms with Crippen LogP contribution in [0.5, 0.6) is 5.75 Å². The van der Waals surface area contributed by atoms with Gasteiger partial charge in [0.25, 0.3) is 0 Å². The van der Waals surface area contributed by atoms with Crippen LogP contribution in [0.25, 0.3) is 0 Å². The number of ether oxygens (including phenoxy) is 2. The number of hydrogen-bond acceptors (Lipinski definition) is 4. The predicted octanol–water partition coefficient (Wildman–Crippen LogP) is 2.37. The first-order valence-electron chi connectivity index (χ1n) is 5.66. The van der Waals surface area contributed by atoms with Crippen molar-refractivity contribution < 1.29 is 19.1 Å². The topological polar surface area (TPSA) is 55.8 Å². The Hall–Kier alpha value is -1.56. The van der Waals surface area contributed by atoms with Crippen LogP contribution in [0.15, 0.2) is 22.7 Å². The number of amides is 1. The lowest BCUT2D eigenvalue weighted by Crippen LogP contribution is -2.27. The highest BCUT2D eigenvalue weighted by Gasteiger charge is 2.16. The number of esters is 1. The highest BCUT2D eigenvalue weighted by Crippen LogP contribution is 2.31. The molecule has 0 N–H and O–H groups in total. The van der Waals surface area contributed by atoms with Gasteiger partial charge in [-0.05, 0) is 18.2 Å². The van der Waals surface area contributed by atoms with Crippen LogP contribution in [0.3, 0.4) is 0 Å². The normalized spacial score (nSPS) is 9.89. The largest absolute Gasteiger partial charge is 0.495 e. The van der Waals surface area contributed by atoms with E-state index in [2.05, 4.69) is 20.7 Å². The molecule has 0 radical (unpaired) electrons. The minimum absolute atomic E-state index is 0.0655. The number of carbonyl (C=O) groups is 2. The second-order valence-corrected chi connectivity index (χ2v) is 4.76. The number of methoxy groups -OCH3 is 2. The molecule has 1 aromatic carbocycles. The first-order chi connectivity index (χ1) is 8.99. The van der Waals surface area contributed by atoms with Crippen LogP contribution in [0.2, 0.25) is 0 Å². The van der Waals surface area contributed by atoms with Crippen molar-refractivity contribution in [3.05, 3.63) is 22.7 Å². The molecular weight excluding hydrogens is 314 g/mol. The van der Waals surface area contributed by atoms with Gasteiger partial charge in [-0.2, -0.15) is 0 Å². The summed E-state index contributed by atoms with van der Waals surface area (Å²) < 4.78 is 10.6. The Balaban J connectivity index is 2.81. The van der Waals surface area contributed by atoms with Crippen LogP contribution >= 0.6 is 15.9 Å². The zero-order valence-electron chi connectivity index (χ0n) is 11.1. The number of carbonyl (C=O) groups excluding carboxylic acids is 2. The highest BCUT2D eigenvalue weighted by atomic mass is 79.9. The fourth-order valence-corrected chi connectivity index (χ4v) is 1.89. The van der Waals surface area contributed by atoms with E-state index in [0.717, 1.165) is 4.47 Å². The second kappa shape index (κ2) is 7.13. The summed E-state index contributed by atoms with van der Waals surface area (Å²) in [4.78, 5) is 24.5. The van der Waals surface area contributed by atoms with Crippen LogP contribution in [-0.2, 0) is 14.3 Å². The zero-order valence-corrected chi connectivity index (χ0v) is 12.7. The van der Waals surface area contributed by atoms with Crippen LogP contribution in [0.4, 0.5) is 5.69 Å². The Bertz CT molecular complexity index is 476. The van der Waals surface area contributed by atoms with Gasteiger partial charge in [-0.25, -0.2) is 0 Å². The fourth-order valence-electron chi connectivity index (χ4n) is 1.54. The molecular formula is C13H16BrNO4. The van der Waals surface area contributed by atoms with E-state index < -0.39 is 5.97 Å². The third-order valence-corrected chi connectivity index (χ3v) is 3.14. The average molecular weight is 330 g/mol. The third-order valence-electron chi connectivity index (χ3n) is 2.65. The molecule has 0 fully saturated rings. The number of hydrogen-bond donors (Lipinski definition) is 0. The molecule has 0 saturated heterocycles. The Morgan fingerprint density at radius 1 is 1.26 bits per heavy atom. The van der Waals surface area contributed by atoms with Crippen LogP contribution in [0.1, 0.15) is 12.8 Å². The lowest BCUT2D eigenvalue weighted by Gasteiger charge is -2.20. The standard InChI is InChI=1S/C13H16BrNO4/c1-15(12(16)6-7-13(17)19-3)10-8-9(14)4-5-11(10)18-2/h4-5,8H,6-7H2,1-3H3. The third kappa shape index (κ3) is 4.24. The van der Waals surface area contributed by atoms with E-state index in [-0.39, 0.29) is 18.7 Å². The van der Waals surface area contributed by atoms with E-state index in [0.29, 0.717) is 11.4 Å². The predicted molar refractivity (Wildman–Crippen MR) is 75.4 cm³/mol. The summed E-state index contributed by atoms with van der Waals surface area (Å²) in [7, 11) is 4.48. The number of benzene rings is 1. The Morgan fingerprint density at radius 2 is 1.95 bits per heavy atom. The minimum Gasteiger partial charge on any atom is -0.495 e. The van der Waals surface area contributed by atoms with Crippen molar-refractivity contribution in [2.45, 2.75) is 12.8 Å². The fraction of sp³-hybridized carbons (Fsp3) is 0.385. The monoisotopic (exact) mass is 329 g/mol. The molecule has 1 aromatic rings. The Labute approximate surface area is 120 Å². The van der Waals surface area contributed by atoms with Crippen LogP contribution in [-0.4, -0.2) is 33.1 Å². The maximum atomic E-state index is 12.0. The number of rotatable bonds is 5. The van der Waals surface area contributed by atoms with Crippen LogP contribution < -0.4 is 9.64 Å². The smallest absolute Gasteiger partial charge is 0.306 e. The lowest BCUT2D eigenvalue weighted by atomic mass is 10.2. The molecule has 19 heavy (non-hydrogen) atoms. The average Bonchev–Trinajstić information content (AvgIpc) is 2.43. The molecule has 0 aliphatic heterocycles. The molecule has 0 heterocycles. The van der Waals surface area contributed by atoms with Crippen molar-refractivity contribution in [3.63, 3.8) is 0 Å². The van der Waals surface area contributed by atoms with Crippen molar-refractivity contribution in [2.75, 3.05) is 26.2 Å². The van der Waals surface area contributed by atoms with E-state index in [4.69, 9.17) is 4.74 Å². The van der Waals surface area contributed by atoms with Gasteiger partial charge < -0.3 is 14.4 Å². The summed E-state index contributed by atoms with van der Waals surface area (Å²) in [6, 6.07) is 5.38. The summed E-state index contributed by atoms with van der Waals surface area (Å²) in [5.41, 5.74) is 0.645. The van der Waals surface area contributed by atoms with E-state index in [1.165, 1.54) is 12.0 Å². The Kier molecular flexibility index (Phi) is 5.82. The van der Waals surface area contributed by atoms with Crippen molar-refractivity contribution in [1.82, 2.24) is 0 Å². The van der Waals surface area contributed by atoms with Gasteiger partial charge in [0.15, 0.2) is 0 Å². The van der Waals surface area contributed by atoms with E-state index in [1.807, 2.05) is 6.07 Å². The number of halogens is 1. The van der Waals surface area contributed by atoms with E-state index >= 15 is 0 Å². The Morgan fingerprint density at radius 3 is 2.53 bits per heavy atom. The van der Waals surface area contributed by atoms with Gasteiger partial charge in [-0.3, -0.25) is 9.59 Å². The number of nitrogens with zero attached hydrogens (tertiary/aromatic N) is 1. The summed E-state index contributed by atoms with van der Waals surface area (Å²) in [5.74, 6) is 0.0156. The van der Waals surface area contributed by atoms with E-state index in [9.17, 15) is 9.59 Å². The van der Waals surface area contributed by atoms with Gasteiger partial charge >= 0.3 is 5.97 Å². The van der Waals surface area contributed by atoms with Gasteiger partial charge in [0.2, 0.25) is 5.91 Å². The maximum Gasteiger partial charge on any atom is 0.306 e. The summed E-state index contributed by atoms with van der Waals surface area (Å²) in [6.07, 6.45) is 0.162. The van der Waals surface area contributed by atoms with Crippen molar-refractivity contribution >= 4 is 33.5 Å². The minimum atomic E-state index is -0.400. The molecule has 0 atom stereocenters. The molecule has 5 nitrogen and oxygen atoms in total. The van der Waals surface area contributed by atoms with Gasteiger partial charge in [0, 0.05) is 17.9 Å². The molecule has 0 spiro atoms. The SMILES string of the molecule is COC(=O)CCC(=O)N(C)c1cc(Br)ccc1OC. The van der Waals surface area contributed by atoms with Gasteiger partial charge in [0.05, 0.1) is 26.3 Å². The van der Waals surface area contributed by atoms with Crippen LogP contribution in [0, 0.1) is 0 Å². The molecule has 0 unspecified atom stereocenters. The molecule has 0 aliphatic rings. The zero-order chi connectivity index (χ0) is 14.4. The first-order valence-corrected chi connectivity index (χ1v) is 6.45. The first kappa shape index (κ1) is 15.5.